The van der Waals surface area contributed by atoms with Crippen LogP contribution in [0, 0.1) is 0 Å². The highest BCUT2D eigenvalue weighted by atomic mass is 16.1. The number of aryl methyl sites for hydroxylation is 1. The quantitative estimate of drug-likeness (QED) is 0.676. The number of fused-ring (bicyclic) bond motifs is 3. The van der Waals surface area contributed by atoms with Crippen LogP contribution in [-0.4, -0.2) is 25.4 Å². The van der Waals surface area contributed by atoms with Crippen molar-refractivity contribution in [3.05, 3.63) is 48.0 Å². The first-order valence-electron chi connectivity index (χ1n) is 6.65. The molecule has 0 amide bonds. The number of carbonyl (C=O) groups excluding carboxylic acids is 1. The van der Waals surface area contributed by atoms with Gasteiger partial charge < -0.3 is 0 Å². The summed E-state index contributed by atoms with van der Waals surface area (Å²) in [6.45, 7) is 0. The molecular weight excluding hydrogens is 252 g/mol. The van der Waals surface area contributed by atoms with Gasteiger partial charge in [-0.05, 0) is 25.0 Å². The average Bonchev–Trinajstić information content (AvgIpc) is 2.93. The van der Waals surface area contributed by atoms with E-state index in [-0.39, 0.29) is 5.78 Å². The summed E-state index contributed by atoms with van der Waals surface area (Å²) in [7, 11) is 0. The van der Waals surface area contributed by atoms with E-state index in [9.17, 15) is 4.79 Å². The van der Waals surface area contributed by atoms with Crippen molar-refractivity contribution < 1.29 is 4.79 Å². The molecule has 1 aliphatic rings. The summed E-state index contributed by atoms with van der Waals surface area (Å²) in [5.41, 5.74) is 4.17. The van der Waals surface area contributed by atoms with Gasteiger partial charge in [-0.15, -0.1) is 0 Å². The molecule has 0 spiro atoms. The Morgan fingerprint density at radius 2 is 2.00 bits per heavy atom. The van der Waals surface area contributed by atoms with E-state index in [4.69, 9.17) is 0 Å². The maximum Gasteiger partial charge on any atom is 0.166 e. The Balaban J connectivity index is 1.97. The van der Waals surface area contributed by atoms with Crippen LogP contribution in [0.15, 0.2) is 36.8 Å². The number of rotatable bonds is 1. The first-order valence-corrected chi connectivity index (χ1v) is 6.65. The van der Waals surface area contributed by atoms with E-state index >= 15 is 0 Å². The van der Waals surface area contributed by atoms with Gasteiger partial charge in [0.1, 0.15) is 0 Å². The van der Waals surface area contributed by atoms with Crippen molar-refractivity contribution in [1.29, 1.82) is 0 Å². The zero-order valence-corrected chi connectivity index (χ0v) is 10.8. The maximum absolute atomic E-state index is 11.9. The van der Waals surface area contributed by atoms with E-state index in [1.807, 2.05) is 18.2 Å². The minimum Gasteiger partial charge on any atom is -0.294 e. The van der Waals surface area contributed by atoms with E-state index in [0.29, 0.717) is 12.0 Å². The predicted molar refractivity (Wildman–Crippen MR) is 73.5 cm³/mol. The summed E-state index contributed by atoms with van der Waals surface area (Å²) < 4.78 is 1.79. The lowest BCUT2D eigenvalue weighted by atomic mass is 9.96. The highest BCUT2D eigenvalue weighted by molar-refractivity contribution is 5.98. The molecule has 5 heteroatoms. The van der Waals surface area contributed by atoms with Crippen molar-refractivity contribution in [2.75, 3.05) is 0 Å². The fourth-order valence-electron chi connectivity index (χ4n) is 2.71. The van der Waals surface area contributed by atoms with Crippen molar-refractivity contribution in [2.24, 2.45) is 0 Å². The SMILES string of the molecule is O=C1CCCc2c1cnc1c(-c3ccccn3)cnn21. The third-order valence-corrected chi connectivity index (χ3v) is 3.69. The molecule has 3 aromatic heterocycles. The molecule has 0 aliphatic heterocycles. The zero-order chi connectivity index (χ0) is 13.5. The second-order valence-electron chi connectivity index (χ2n) is 4.90. The molecule has 0 unspecified atom stereocenters. The number of ketones is 1. The van der Waals surface area contributed by atoms with Crippen LogP contribution in [0.25, 0.3) is 16.9 Å². The van der Waals surface area contributed by atoms with Gasteiger partial charge in [-0.2, -0.15) is 5.10 Å². The van der Waals surface area contributed by atoms with E-state index in [1.165, 1.54) is 0 Å². The first-order chi connectivity index (χ1) is 9.84. The van der Waals surface area contributed by atoms with Crippen LogP contribution in [0.4, 0.5) is 0 Å². The molecule has 1 aliphatic carbocycles. The van der Waals surface area contributed by atoms with Gasteiger partial charge in [0.15, 0.2) is 11.4 Å². The number of pyridine rings is 1. The number of nitrogens with zero attached hydrogens (tertiary/aromatic N) is 4. The van der Waals surface area contributed by atoms with Crippen molar-refractivity contribution in [2.45, 2.75) is 19.3 Å². The molecular formula is C15H12N4O. The van der Waals surface area contributed by atoms with Crippen molar-refractivity contribution in [3.63, 3.8) is 0 Å². The summed E-state index contributed by atoms with van der Waals surface area (Å²) in [5, 5.41) is 4.40. The standard InChI is InChI=1S/C15H12N4O/c20-14-6-3-5-13-11(14)8-17-15-10(9-18-19(13)15)12-4-1-2-7-16-12/h1-2,4,7-9H,3,5-6H2. The third-order valence-electron chi connectivity index (χ3n) is 3.69. The first kappa shape index (κ1) is 11.3. The average molecular weight is 264 g/mol. The molecule has 98 valence electrons. The molecule has 0 bridgehead atoms. The van der Waals surface area contributed by atoms with Gasteiger partial charge >= 0.3 is 0 Å². The van der Waals surface area contributed by atoms with Crippen LogP contribution in [0.1, 0.15) is 28.9 Å². The molecule has 0 aromatic carbocycles. The minimum atomic E-state index is 0.163. The Labute approximate surface area is 115 Å². The highest BCUT2D eigenvalue weighted by Gasteiger charge is 2.22. The number of hydrogen-bond acceptors (Lipinski definition) is 4. The van der Waals surface area contributed by atoms with Crippen molar-refractivity contribution >= 4 is 11.4 Å². The lowest BCUT2D eigenvalue weighted by Gasteiger charge is -2.14. The molecule has 0 saturated heterocycles. The molecule has 0 N–H and O–H groups in total. The van der Waals surface area contributed by atoms with Gasteiger partial charge in [-0.25, -0.2) is 9.50 Å². The number of aromatic nitrogens is 4. The van der Waals surface area contributed by atoms with Crippen LogP contribution < -0.4 is 0 Å². The monoisotopic (exact) mass is 264 g/mol. The Morgan fingerprint density at radius 3 is 2.85 bits per heavy atom. The van der Waals surface area contributed by atoms with Gasteiger partial charge in [0.05, 0.1) is 28.7 Å². The summed E-state index contributed by atoms with van der Waals surface area (Å²) in [6.07, 6.45) is 7.55. The predicted octanol–water partition coefficient (Wildman–Crippen LogP) is 2.31. The fraction of sp³-hybridized carbons (Fsp3) is 0.200. The second-order valence-corrected chi connectivity index (χ2v) is 4.90. The summed E-state index contributed by atoms with van der Waals surface area (Å²) in [5.74, 6) is 0.163. The number of hydrogen-bond donors (Lipinski definition) is 0. The molecule has 0 fully saturated rings. The summed E-state index contributed by atoms with van der Waals surface area (Å²) >= 11 is 0. The zero-order valence-electron chi connectivity index (χ0n) is 10.8. The van der Waals surface area contributed by atoms with Crippen LogP contribution in [0.3, 0.4) is 0 Å². The molecule has 0 radical (unpaired) electrons. The van der Waals surface area contributed by atoms with Crippen LogP contribution >= 0.6 is 0 Å². The maximum atomic E-state index is 11.9. The van der Waals surface area contributed by atoms with Gasteiger partial charge in [0.2, 0.25) is 0 Å². The van der Waals surface area contributed by atoms with E-state index < -0.39 is 0 Å². The lowest BCUT2D eigenvalue weighted by Crippen LogP contribution is -2.16. The Hall–Kier alpha value is -2.56. The Morgan fingerprint density at radius 1 is 1.05 bits per heavy atom. The van der Waals surface area contributed by atoms with Gasteiger partial charge in [0.25, 0.3) is 0 Å². The Bertz CT molecular complexity index is 807. The van der Waals surface area contributed by atoms with E-state index in [2.05, 4.69) is 15.1 Å². The van der Waals surface area contributed by atoms with E-state index in [0.717, 1.165) is 35.4 Å². The summed E-state index contributed by atoms with van der Waals surface area (Å²) in [4.78, 5) is 20.7. The van der Waals surface area contributed by atoms with Gasteiger partial charge in [-0.1, -0.05) is 6.07 Å². The van der Waals surface area contributed by atoms with Gasteiger partial charge in [-0.3, -0.25) is 9.78 Å². The smallest absolute Gasteiger partial charge is 0.166 e. The minimum absolute atomic E-state index is 0.163. The highest BCUT2D eigenvalue weighted by Crippen LogP contribution is 2.26. The molecule has 4 rings (SSSR count). The van der Waals surface area contributed by atoms with Gasteiger partial charge in [0, 0.05) is 18.8 Å². The van der Waals surface area contributed by atoms with Crippen LogP contribution in [0.5, 0.6) is 0 Å². The van der Waals surface area contributed by atoms with Crippen LogP contribution in [0.2, 0.25) is 0 Å². The van der Waals surface area contributed by atoms with Crippen molar-refractivity contribution in [3.8, 4) is 11.3 Å². The second kappa shape index (κ2) is 4.23. The fourth-order valence-corrected chi connectivity index (χ4v) is 2.71. The topological polar surface area (TPSA) is 60.2 Å². The Kier molecular flexibility index (Phi) is 2.39. The largest absolute Gasteiger partial charge is 0.294 e. The van der Waals surface area contributed by atoms with E-state index in [1.54, 1.807) is 23.1 Å². The molecule has 3 heterocycles. The molecule has 0 saturated carbocycles. The molecule has 3 aromatic rings. The molecule has 5 nitrogen and oxygen atoms in total. The van der Waals surface area contributed by atoms with Crippen LogP contribution in [-0.2, 0) is 6.42 Å². The lowest BCUT2D eigenvalue weighted by molar-refractivity contribution is 0.0970. The molecule has 0 atom stereocenters. The normalized spacial score (nSPS) is 14.5. The number of Topliss-reactive ketones (excluding diaryl/α,β-unsaturated/α-hetero) is 1. The third kappa shape index (κ3) is 1.56. The molecule has 20 heavy (non-hydrogen) atoms. The number of carbonyl (C=O) groups is 1. The van der Waals surface area contributed by atoms with Crippen molar-refractivity contribution in [1.82, 2.24) is 19.6 Å². The summed E-state index contributed by atoms with van der Waals surface area (Å²) in [6, 6.07) is 5.75.